The summed E-state index contributed by atoms with van der Waals surface area (Å²) >= 11 is 0. The highest BCUT2D eigenvalue weighted by atomic mass is 16.3. The molecule has 15 heavy (non-hydrogen) atoms. The van der Waals surface area contributed by atoms with Crippen LogP contribution < -0.4 is 0 Å². The molecular weight excluding hydrogens is 190 g/mol. The first kappa shape index (κ1) is 14.6. The summed E-state index contributed by atoms with van der Waals surface area (Å²) in [6.45, 7) is 6.56. The van der Waals surface area contributed by atoms with Crippen LogP contribution in [-0.4, -0.2) is 49.2 Å². The van der Waals surface area contributed by atoms with E-state index in [4.69, 9.17) is 0 Å². The Morgan fingerprint density at radius 1 is 1.27 bits per heavy atom. The van der Waals surface area contributed by atoms with E-state index >= 15 is 0 Å². The van der Waals surface area contributed by atoms with Gasteiger partial charge in [-0.3, -0.25) is 4.79 Å². The van der Waals surface area contributed by atoms with Crippen LogP contribution in [0.1, 0.15) is 33.6 Å². The molecule has 3 nitrogen and oxygen atoms in total. The van der Waals surface area contributed by atoms with Gasteiger partial charge in [-0.1, -0.05) is 20.8 Å². The summed E-state index contributed by atoms with van der Waals surface area (Å²) < 4.78 is 0.820. The van der Waals surface area contributed by atoms with Gasteiger partial charge in [-0.2, -0.15) is 0 Å². The topological polar surface area (TPSA) is 37.3 Å². The monoisotopic (exact) mass is 216 g/mol. The van der Waals surface area contributed by atoms with Crippen molar-refractivity contribution < 1.29 is 14.4 Å². The van der Waals surface area contributed by atoms with Crippen molar-refractivity contribution in [2.45, 2.75) is 39.7 Å². The molecule has 3 heteroatoms. The van der Waals surface area contributed by atoms with Crippen LogP contribution in [0.5, 0.6) is 0 Å². The number of ketones is 1. The van der Waals surface area contributed by atoms with Gasteiger partial charge in [-0.15, -0.1) is 0 Å². The van der Waals surface area contributed by atoms with Crippen LogP contribution in [-0.2, 0) is 4.79 Å². The average molecular weight is 216 g/mol. The van der Waals surface area contributed by atoms with Gasteiger partial charge in [0.1, 0.15) is 5.78 Å². The maximum Gasteiger partial charge on any atom is 0.140 e. The van der Waals surface area contributed by atoms with Crippen molar-refractivity contribution in [2.75, 3.05) is 27.7 Å². The van der Waals surface area contributed by atoms with Crippen molar-refractivity contribution in [3.8, 4) is 0 Å². The molecule has 0 saturated heterocycles. The lowest BCUT2D eigenvalue weighted by atomic mass is 9.87. The van der Waals surface area contributed by atoms with Crippen LogP contribution in [0.25, 0.3) is 0 Å². The number of Topliss-reactive ketones (excluding diaryl/α,β-unsaturated/α-hetero) is 1. The molecule has 0 bridgehead atoms. The number of quaternary nitrogens is 1. The van der Waals surface area contributed by atoms with Crippen LogP contribution in [0, 0.1) is 5.41 Å². The zero-order chi connectivity index (χ0) is 12.3. The van der Waals surface area contributed by atoms with Crippen molar-refractivity contribution in [3.63, 3.8) is 0 Å². The Bertz CT molecular complexity index is 211. The number of hydrogen-bond acceptors (Lipinski definition) is 2. The predicted octanol–water partition coefficient (Wildman–Crippen LogP) is 1.45. The Balaban J connectivity index is 3.95. The van der Waals surface area contributed by atoms with Gasteiger partial charge < -0.3 is 9.59 Å². The number of aliphatic hydroxyl groups is 1. The minimum atomic E-state index is -0.492. The van der Waals surface area contributed by atoms with E-state index in [1.165, 1.54) is 0 Å². The number of hydrogen-bond donors (Lipinski definition) is 1. The molecule has 0 aliphatic carbocycles. The van der Waals surface area contributed by atoms with E-state index in [-0.39, 0.29) is 17.6 Å². The van der Waals surface area contributed by atoms with Gasteiger partial charge in [0.15, 0.2) is 0 Å². The highest BCUT2D eigenvalue weighted by Crippen LogP contribution is 2.18. The third-order valence-corrected chi connectivity index (χ3v) is 2.39. The molecule has 0 rings (SSSR count). The summed E-state index contributed by atoms with van der Waals surface area (Å²) in [5.41, 5.74) is -0.336. The maximum absolute atomic E-state index is 11.6. The van der Waals surface area contributed by atoms with E-state index in [9.17, 15) is 9.90 Å². The molecule has 0 aromatic carbocycles. The van der Waals surface area contributed by atoms with Crippen LogP contribution in [0.2, 0.25) is 0 Å². The zero-order valence-electron chi connectivity index (χ0n) is 11.0. The summed E-state index contributed by atoms with van der Waals surface area (Å²) in [5.74, 6) is 0.136. The molecule has 1 atom stereocenters. The molecule has 1 N–H and O–H groups in total. The molecule has 1 unspecified atom stereocenters. The fraction of sp³-hybridized carbons (Fsp3) is 0.917. The third-order valence-electron chi connectivity index (χ3n) is 2.39. The normalized spacial score (nSPS) is 15.1. The average Bonchev–Trinajstić information content (AvgIpc) is 1.97. The molecule has 0 aliphatic rings. The smallest absolute Gasteiger partial charge is 0.140 e. The largest absolute Gasteiger partial charge is 0.392 e. The summed E-state index contributed by atoms with van der Waals surface area (Å²) in [5, 5.41) is 9.72. The second kappa shape index (κ2) is 5.08. The fourth-order valence-corrected chi connectivity index (χ4v) is 1.16. The van der Waals surface area contributed by atoms with Crippen molar-refractivity contribution in [2.24, 2.45) is 5.41 Å². The Kier molecular flexibility index (Phi) is 4.94. The summed E-state index contributed by atoms with van der Waals surface area (Å²) in [7, 11) is 6.24. The van der Waals surface area contributed by atoms with E-state index < -0.39 is 6.10 Å². The van der Waals surface area contributed by atoms with Gasteiger partial charge in [0, 0.05) is 18.3 Å². The van der Waals surface area contributed by atoms with Crippen LogP contribution >= 0.6 is 0 Å². The summed E-state index contributed by atoms with van der Waals surface area (Å²) in [6.07, 6.45) is 0.475. The van der Waals surface area contributed by atoms with Gasteiger partial charge in [0.2, 0.25) is 0 Å². The van der Waals surface area contributed by atoms with E-state index in [2.05, 4.69) is 21.1 Å². The van der Waals surface area contributed by atoms with Gasteiger partial charge in [0.25, 0.3) is 0 Å². The van der Waals surface area contributed by atoms with Crippen molar-refractivity contribution in [3.05, 3.63) is 0 Å². The molecule has 0 amide bonds. The molecule has 0 aromatic heterocycles. The van der Waals surface area contributed by atoms with Gasteiger partial charge >= 0.3 is 0 Å². The Morgan fingerprint density at radius 2 is 1.73 bits per heavy atom. The van der Waals surface area contributed by atoms with Gasteiger partial charge in [0.05, 0.1) is 33.8 Å². The Morgan fingerprint density at radius 3 is 2.07 bits per heavy atom. The Hall–Kier alpha value is -0.410. The fourth-order valence-electron chi connectivity index (χ4n) is 1.16. The second-order valence-corrected chi connectivity index (χ2v) is 6.33. The summed E-state index contributed by atoms with van der Waals surface area (Å²) in [6, 6.07) is 0. The molecule has 0 saturated carbocycles. The molecule has 0 aliphatic heterocycles. The van der Waals surface area contributed by atoms with E-state index in [1.54, 1.807) is 0 Å². The van der Waals surface area contributed by atoms with Gasteiger partial charge in [-0.05, 0) is 0 Å². The highest BCUT2D eigenvalue weighted by molar-refractivity contribution is 5.83. The first-order valence-corrected chi connectivity index (χ1v) is 5.54. The molecule has 0 fully saturated rings. The highest BCUT2D eigenvalue weighted by Gasteiger charge is 2.24. The molecule has 0 heterocycles. The molecule has 0 radical (unpaired) electrons. The maximum atomic E-state index is 11.6. The number of rotatable bonds is 5. The lowest BCUT2D eigenvalue weighted by molar-refractivity contribution is -0.870. The number of aliphatic hydroxyl groups excluding tert-OH is 1. The van der Waals surface area contributed by atoms with Crippen LogP contribution in [0.4, 0.5) is 0 Å². The number of nitrogens with zero attached hydrogens (tertiary/aromatic N) is 1. The molecule has 0 aromatic rings. The first-order valence-electron chi connectivity index (χ1n) is 5.54. The SMILES string of the molecule is CC(C)(C)C(=O)CC(O)CC[N+](C)(C)C. The third kappa shape index (κ3) is 7.51. The minimum Gasteiger partial charge on any atom is -0.392 e. The minimum absolute atomic E-state index is 0.136. The number of carbonyl (C=O) groups is 1. The molecule has 90 valence electrons. The lowest BCUT2D eigenvalue weighted by Gasteiger charge is -2.25. The predicted molar refractivity (Wildman–Crippen MR) is 62.6 cm³/mol. The van der Waals surface area contributed by atoms with Crippen molar-refractivity contribution >= 4 is 5.78 Å². The van der Waals surface area contributed by atoms with Crippen LogP contribution in [0.3, 0.4) is 0 Å². The second-order valence-electron chi connectivity index (χ2n) is 6.33. The first-order chi connectivity index (χ1) is 6.52. The van der Waals surface area contributed by atoms with Crippen molar-refractivity contribution in [1.29, 1.82) is 0 Å². The van der Waals surface area contributed by atoms with E-state index in [1.807, 2.05) is 20.8 Å². The van der Waals surface area contributed by atoms with Crippen LogP contribution in [0.15, 0.2) is 0 Å². The molecular formula is C12H26NO2+. The van der Waals surface area contributed by atoms with Gasteiger partial charge in [-0.25, -0.2) is 0 Å². The standard InChI is InChI=1S/C12H26NO2/c1-12(2,3)11(15)9-10(14)7-8-13(4,5)6/h10,14H,7-9H2,1-6H3/q+1. The van der Waals surface area contributed by atoms with E-state index in [0.29, 0.717) is 6.42 Å². The Labute approximate surface area is 93.7 Å². The zero-order valence-corrected chi connectivity index (χ0v) is 11.0. The summed E-state index contributed by atoms with van der Waals surface area (Å²) in [4.78, 5) is 11.6. The molecule has 0 spiro atoms. The quantitative estimate of drug-likeness (QED) is 0.706. The van der Waals surface area contributed by atoms with Crippen molar-refractivity contribution in [1.82, 2.24) is 0 Å². The van der Waals surface area contributed by atoms with E-state index in [0.717, 1.165) is 11.0 Å². The lowest BCUT2D eigenvalue weighted by Crippen LogP contribution is -2.37. The number of carbonyl (C=O) groups excluding carboxylic acids is 1.